The predicted molar refractivity (Wildman–Crippen MR) is 61.9 cm³/mol. The monoisotopic (exact) mass is 224 g/mol. The third kappa shape index (κ3) is 2.79. The molecule has 0 radical (unpaired) electrons. The van der Waals surface area contributed by atoms with Crippen LogP contribution >= 0.6 is 11.3 Å². The molecule has 0 spiro atoms. The molecule has 82 valence electrons. The Morgan fingerprint density at radius 3 is 3.13 bits per heavy atom. The molecule has 1 aromatic heterocycles. The molecule has 2 N–H and O–H groups in total. The molecule has 0 aliphatic carbocycles. The van der Waals surface area contributed by atoms with Crippen molar-refractivity contribution >= 4 is 17.2 Å². The van der Waals surface area contributed by atoms with E-state index in [1.807, 2.05) is 0 Å². The van der Waals surface area contributed by atoms with Crippen LogP contribution in [0.3, 0.4) is 0 Å². The lowest BCUT2D eigenvalue weighted by Crippen LogP contribution is -2.31. The van der Waals surface area contributed by atoms with Crippen LogP contribution in [-0.4, -0.2) is 19.0 Å². The first-order chi connectivity index (χ1) is 7.25. The van der Waals surface area contributed by atoms with Gasteiger partial charge in [0, 0.05) is 16.3 Å². The lowest BCUT2D eigenvalue weighted by molar-refractivity contribution is -0.124. The fourth-order valence-corrected chi connectivity index (χ4v) is 2.61. The number of carbonyl (C=O) groups is 1. The summed E-state index contributed by atoms with van der Waals surface area (Å²) in [5.41, 5.74) is 0. The van der Waals surface area contributed by atoms with Gasteiger partial charge in [0.1, 0.15) is 0 Å². The second kappa shape index (κ2) is 4.77. The van der Waals surface area contributed by atoms with E-state index in [0.717, 1.165) is 19.5 Å². The van der Waals surface area contributed by atoms with Crippen molar-refractivity contribution in [2.24, 2.45) is 5.92 Å². The molecule has 0 aromatic carbocycles. The van der Waals surface area contributed by atoms with Crippen molar-refractivity contribution in [3.8, 4) is 0 Å². The van der Waals surface area contributed by atoms with E-state index in [9.17, 15) is 4.79 Å². The molecule has 0 bridgehead atoms. The number of nitrogens with one attached hydrogen (secondary N) is 2. The van der Waals surface area contributed by atoms with E-state index in [1.165, 1.54) is 9.75 Å². The normalized spacial score (nSPS) is 20.5. The van der Waals surface area contributed by atoms with Crippen LogP contribution in [0.2, 0.25) is 0 Å². The van der Waals surface area contributed by atoms with E-state index in [-0.39, 0.29) is 11.8 Å². The molecule has 4 heteroatoms. The van der Waals surface area contributed by atoms with Gasteiger partial charge in [0.05, 0.1) is 12.5 Å². The van der Waals surface area contributed by atoms with Crippen LogP contribution in [0.15, 0.2) is 12.1 Å². The van der Waals surface area contributed by atoms with Crippen LogP contribution in [0.5, 0.6) is 0 Å². The largest absolute Gasteiger partial charge is 0.351 e. The van der Waals surface area contributed by atoms with Crippen molar-refractivity contribution in [2.45, 2.75) is 19.9 Å². The van der Waals surface area contributed by atoms with E-state index in [0.29, 0.717) is 6.54 Å². The Bertz CT molecular complexity index is 342. The molecule has 0 saturated carbocycles. The molecule has 1 amide bonds. The van der Waals surface area contributed by atoms with Gasteiger partial charge < -0.3 is 10.6 Å². The van der Waals surface area contributed by atoms with Crippen molar-refractivity contribution in [1.82, 2.24) is 10.6 Å². The molecular formula is C11H16N2OS. The molecule has 2 heterocycles. The van der Waals surface area contributed by atoms with Gasteiger partial charge in [-0.25, -0.2) is 0 Å². The van der Waals surface area contributed by atoms with Crippen LogP contribution < -0.4 is 10.6 Å². The molecule has 1 aromatic rings. The first-order valence-electron chi connectivity index (χ1n) is 5.29. The van der Waals surface area contributed by atoms with Gasteiger partial charge in [0.2, 0.25) is 5.91 Å². The Hall–Kier alpha value is -0.870. The molecule has 15 heavy (non-hydrogen) atoms. The molecule has 2 rings (SSSR count). The van der Waals surface area contributed by atoms with Crippen LogP contribution in [0.1, 0.15) is 16.2 Å². The highest BCUT2D eigenvalue weighted by molar-refractivity contribution is 7.11. The summed E-state index contributed by atoms with van der Waals surface area (Å²) in [7, 11) is 0. The fourth-order valence-electron chi connectivity index (χ4n) is 1.78. The number of rotatable bonds is 3. The highest BCUT2D eigenvalue weighted by Gasteiger charge is 2.21. The Labute approximate surface area is 93.9 Å². The fraction of sp³-hybridized carbons (Fsp3) is 0.545. The maximum Gasteiger partial charge on any atom is 0.224 e. The van der Waals surface area contributed by atoms with Gasteiger partial charge in [0.25, 0.3) is 0 Å². The quantitative estimate of drug-likeness (QED) is 0.812. The van der Waals surface area contributed by atoms with Gasteiger partial charge in [-0.05, 0) is 32.0 Å². The van der Waals surface area contributed by atoms with Crippen molar-refractivity contribution in [2.75, 3.05) is 13.1 Å². The average Bonchev–Trinajstić information content (AvgIpc) is 2.84. The lowest BCUT2D eigenvalue weighted by atomic mass is 10.1. The number of hydrogen-bond donors (Lipinski definition) is 2. The second-order valence-corrected chi connectivity index (χ2v) is 5.29. The van der Waals surface area contributed by atoms with Crippen molar-refractivity contribution in [3.63, 3.8) is 0 Å². The van der Waals surface area contributed by atoms with Gasteiger partial charge in [-0.3, -0.25) is 4.79 Å². The van der Waals surface area contributed by atoms with E-state index < -0.39 is 0 Å². The maximum atomic E-state index is 11.7. The molecule has 1 atom stereocenters. The zero-order valence-corrected chi connectivity index (χ0v) is 9.69. The minimum absolute atomic E-state index is 0.172. The zero-order chi connectivity index (χ0) is 10.7. The van der Waals surface area contributed by atoms with Gasteiger partial charge in [-0.2, -0.15) is 0 Å². The Morgan fingerprint density at radius 2 is 2.53 bits per heavy atom. The summed E-state index contributed by atoms with van der Waals surface area (Å²) in [6.07, 6.45) is 0.968. The number of hydrogen-bond acceptors (Lipinski definition) is 3. The van der Waals surface area contributed by atoms with Crippen LogP contribution in [0, 0.1) is 12.8 Å². The molecule has 3 nitrogen and oxygen atoms in total. The number of amides is 1. The van der Waals surface area contributed by atoms with Crippen molar-refractivity contribution in [1.29, 1.82) is 0 Å². The van der Waals surface area contributed by atoms with Gasteiger partial charge in [-0.15, -0.1) is 11.3 Å². The summed E-state index contributed by atoms with van der Waals surface area (Å²) in [6.45, 7) is 4.55. The molecule has 1 aliphatic rings. The first kappa shape index (κ1) is 10.6. The molecule has 1 aliphatic heterocycles. The SMILES string of the molecule is Cc1ccc(CNC(=O)C2CCNC2)s1. The molecule has 1 unspecified atom stereocenters. The number of thiophene rings is 1. The van der Waals surface area contributed by atoms with Gasteiger partial charge in [0.15, 0.2) is 0 Å². The first-order valence-corrected chi connectivity index (χ1v) is 6.11. The van der Waals surface area contributed by atoms with Gasteiger partial charge >= 0.3 is 0 Å². The minimum atomic E-state index is 0.172. The third-order valence-corrected chi connectivity index (χ3v) is 3.66. The Morgan fingerprint density at radius 1 is 1.67 bits per heavy atom. The number of aryl methyl sites for hydroxylation is 1. The molecule has 1 fully saturated rings. The molecular weight excluding hydrogens is 208 g/mol. The van der Waals surface area contributed by atoms with Crippen LogP contribution in [0.25, 0.3) is 0 Å². The summed E-state index contributed by atoms with van der Waals surface area (Å²) in [5.74, 6) is 0.358. The van der Waals surface area contributed by atoms with Crippen molar-refractivity contribution < 1.29 is 4.79 Å². The highest BCUT2D eigenvalue weighted by atomic mass is 32.1. The van der Waals surface area contributed by atoms with E-state index in [2.05, 4.69) is 29.7 Å². The number of carbonyl (C=O) groups excluding carboxylic acids is 1. The average molecular weight is 224 g/mol. The summed E-state index contributed by atoms with van der Waals surface area (Å²) in [5, 5.41) is 6.18. The van der Waals surface area contributed by atoms with Crippen LogP contribution in [0.4, 0.5) is 0 Å². The maximum absolute atomic E-state index is 11.7. The summed E-state index contributed by atoms with van der Waals surface area (Å²) in [6, 6.07) is 4.16. The molecule has 1 saturated heterocycles. The van der Waals surface area contributed by atoms with E-state index >= 15 is 0 Å². The summed E-state index contributed by atoms with van der Waals surface area (Å²) in [4.78, 5) is 14.2. The minimum Gasteiger partial charge on any atom is -0.351 e. The Balaban J connectivity index is 1.80. The van der Waals surface area contributed by atoms with Crippen molar-refractivity contribution in [3.05, 3.63) is 21.9 Å². The summed E-state index contributed by atoms with van der Waals surface area (Å²) >= 11 is 1.74. The van der Waals surface area contributed by atoms with Crippen LogP contribution in [-0.2, 0) is 11.3 Å². The summed E-state index contributed by atoms with van der Waals surface area (Å²) < 4.78 is 0. The predicted octanol–water partition coefficient (Wildman–Crippen LogP) is 1.28. The second-order valence-electron chi connectivity index (χ2n) is 3.92. The zero-order valence-electron chi connectivity index (χ0n) is 8.88. The van der Waals surface area contributed by atoms with E-state index in [1.54, 1.807) is 11.3 Å². The van der Waals surface area contributed by atoms with E-state index in [4.69, 9.17) is 0 Å². The smallest absolute Gasteiger partial charge is 0.224 e. The third-order valence-electron chi connectivity index (χ3n) is 2.66. The topological polar surface area (TPSA) is 41.1 Å². The Kier molecular flexibility index (Phi) is 3.38. The lowest BCUT2D eigenvalue weighted by Gasteiger charge is -2.08. The van der Waals surface area contributed by atoms with Gasteiger partial charge in [-0.1, -0.05) is 0 Å². The highest BCUT2D eigenvalue weighted by Crippen LogP contribution is 2.15. The standard InChI is InChI=1S/C11H16N2OS/c1-8-2-3-10(15-8)7-13-11(14)9-4-5-12-6-9/h2-3,9,12H,4-7H2,1H3,(H,13,14).